The minimum Gasteiger partial charge on any atom is -0.486 e. The van der Waals surface area contributed by atoms with Crippen LogP contribution in [-0.2, 0) is 0 Å². The minimum atomic E-state index is -0.162. The molecule has 0 saturated heterocycles. The van der Waals surface area contributed by atoms with Gasteiger partial charge in [-0.25, -0.2) is 0 Å². The Bertz CT molecular complexity index is 440. The highest BCUT2D eigenvalue weighted by atomic mass is 16.6. The Balaban J connectivity index is 2.27. The molecule has 5 heteroatoms. The van der Waals surface area contributed by atoms with E-state index in [4.69, 9.17) is 25.6 Å². The van der Waals surface area contributed by atoms with Gasteiger partial charge in [0.05, 0.1) is 11.3 Å². The number of anilines is 1. The molecule has 1 heterocycles. The van der Waals surface area contributed by atoms with Crippen molar-refractivity contribution in [2.24, 2.45) is 0 Å². The molecule has 0 saturated carbocycles. The topological polar surface area (TPSA) is 88.5 Å². The SMILES string of the molecule is N#Cc1cc2c(cc1N)OC(CCO)CO2. The molecule has 0 amide bonds. The van der Waals surface area contributed by atoms with E-state index in [0.717, 1.165) is 0 Å². The van der Waals surface area contributed by atoms with Crippen LogP contribution in [0.3, 0.4) is 0 Å². The summed E-state index contributed by atoms with van der Waals surface area (Å²) in [6, 6.07) is 5.13. The van der Waals surface area contributed by atoms with E-state index in [9.17, 15) is 0 Å². The minimum absolute atomic E-state index is 0.0507. The third kappa shape index (κ3) is 1.88. The Morgan fingerprint density at radius 2 is 2.31 bits per heavy atom. The van der Waals surface area contributed by atoms with Crippen molar-refractivity contribution in [3.05, 3.63) is 17.7 Å². The summed E-state index contributed by atoms with van der Waals surface area (Å²) in [6.45, 7) is 0.428. The molecule has 0 fully saturated rings. The molecule has 0 spiro atoms. The molecule has 0 bridgehead atoms. The van der Waals surface area contributed by atoms with Gasteiger partial charge in [0.2, 0.25) is 0 Å². The van der Waals surface area contributed by atoms with Crippen molar-refractivity contribution in [1.29, 1.82) is 5.26 Å². The summed E-state index contributed by atoms with van der Waals surface area (Å²) in [4.78, 5) is 0. The Labute approximate surface area is 93.0 Å². The summed E-state index contributed by atoms with van der Waals surface area (Å²) < 4.78 is 11.0. The fraction of sp³-hybridized carbons (Fsp3) is 0.364. The van der Waals surface area contributed by atoms with Crippen molar-refractivity contribution in [2.45, 2.75) is 12.5 Å². The van der Waals surface area contributed by atoms with Gasteiger partial charge in [0.15, 0.2) is 11.5 Å². The van der Waals surface area contributed by atoms with Gasteiger partial charge in [-0.3, -0.25) is 0 Å². The first-order valence-corrected chi connectivity index (χ1v) is 4.98. The van der Waals surface area contributed by atoms with Gasteiger partial charge in [-0.15, -0.1) is 0 Å². The van der Waals surface area contributed by atoms with E-state index in [2.05, 4.69) is 0 Å². The van der Waals surface area contributed by atoms with Crippen LogP contribution in [0.15, 0.2) is 12.1 Å². The van der Waals surface area contributed by atoms with Gasteiger partial charge < -0.3 is 20.3 Å². The number of nitrogen functional groups attached to an aromatic ring is 1. The molecule has 0 aromatic heterocycles. The lowest BCUT2D eigenvalue weighted by molar-refractivity contribution is 0.0705. The number of rotatable bonds is 2. The van der Waals surface area contributed by atoms with Crippen molar-refractivity contribution in [3.8, 4) is 17.6 Å². The number of nitrogens with two attached hydrogens (primary N) is 1. The normalized spacial score (nSPS) is 17.9. The quantitative estimate of drug-likeness (QED) is 0.715. The molecule has 1 aromatic carbocycles. The number of fused-ring (bicyclic) bond motifs is 1. The van der Waals surface area contributed by atoms with Gasteiger partial charge in [0, 0.05) is 25.2 Å². The summed E-state index contributed by atoms with van der Waals surface area (Å²) in [6.07, 6.45) is 0.351. The van der Waals surface area contributed by atoms with Crippen LogP contribution in [0, 0.1) is 11.3 Å². The van der Waals surface area contributed by atoms with Crippen molar-refractivity contribution < 1.29 is 14.6 Å². The lowest BCUT2D eigenvalue weighted by Gasteiger charge is -2.26. The molecule has 1 aromatic rings. The standard InChI is InChI=1S/C11H12N2O3/c12-5-7-3-10-11(4-9(7)13)16-8(1-2-14)6-15-10/h3-4,8,14H,1-2,6,13H2. The fourth-order valence-electron chi connectivity index (χ4n) is 1.56. The van der Waals surface area contributed by atoms with Gasteiger partial charge in [0.25, 0.3) is 0 Å². The maximum absolute atomic E-state index is 8.80. The van der Waals surface area contributed by atoms with Crippen LogP contribution in [0.4, 0.5) is 5.69 Å². The number of benzene rings is 1. The highest BCUT2D eigenvalue weighted by Gasteiger charge is 2.21. The number of nitrogens with zero attached hydrogens (tertiary/aromatic N) is 1. The highest BCUT2D eigenvalue weighted by molar-refractivity contribution is 5.62. The van der Waals surface area contributed by atoms with Gasteiger partial charge in [-0.2, -0.15) is 5.26 Å². The summed E-state index contributed by atoms with van der Waals surface area (Å²) >= 11 is 0. The zero-order valence-electron chi connectivity index (χ0n) is 8.64. The third-order valence-electron chi connectivity index (χ3n) is 2.41. The first-order valence-electron chi connectivity index (χ1n) is 4.98. The van der Waals surface area contributed by atoms with E-state index in [1.54, 1.807) is 12.1 Å². The zero-order valence-corrected chi connectivity index (χ0v) is 8.64. The molecule has 1 atom stereocenters. The average molecular weight is 220 g/mol. The number of hydrogen-bond donors (Lipinski definition) is 2. The zero-order chi connectivity index (χ0) is 11.5. The molecule has 2 rings (SSSR count). The van der Waals surface area contributed by atoms with Crippen molar-refractivity contribution in [3.63, 3.8) is 0 Å². The number of aliphatic hydroxyl groups excluding tert-OH is 1. The second-order valence-electron chi connectivity index (χ2n) is 3.56. The largest absolute Gasteiger partial charge is 0.486 e. The van der Waals surface area contributed by atoms with Gasteiger partial charge in [0.1, 0.15) is 18.8 Å². The highest BCUT2D eigenvalue weighted by Crippen LogP contribution is 2.35. The van der Waals surface area contributed by atoms with Crippen molar-refractivity contribution >= 4 is 5.69 Å². The first-order chi connectivity index (χ1) is 7.74. The van der Waals surface area contributed by atoms with E-state index in [1.807, 2.05) is 6.07 Å². The van der Waals surface area contributed by atoms with Crippen LogP contribution in [0.25, 0.3) is 0 Å². The Morgan fingerprint density at radius 1 is 1.50 bits per heavy atom. The molecule has 0 radical (unpaired) electrons. The smallest absolute Gasteiger partial charge is 0.163 e. The molecule has 5 nitrogen and oxygen atoms in total. The summed E-state index contributed by atoms with van der Waals surface area (Å²) in [5.74, 6) is 1.06. The van der Waals surface area contributed by atoms with E-state index in [0.29, 0.717) is 35.8 Å². The second-order valence-corrected chi connectivity index (χ2v) is 3.56. The fourth-order valence-corrected chi connectivity index (χ4v) is 1.56. The monoisotopic (exact) mass is 220 g/mol. The number of hydrogen-bond acceptors (Lipinski definition) is 5. The average Bonchev–Trinajstić information content (AvgIpc) is 2.28. The summed E-state index contributed by atoms with van der Waals surface area (Å²) in [5, 5.41) is 17.6. The lowest BCUT2D eigenvalue weighted by atomic mass is 10.1. The van der Waals surface area contributed by atoms with Crippen molar-refractivity contribution in [2.75, 3.05) is 18.9 Å². The number of aliphatic hydroxyl groups is 1. The molecular formula is C11H12N2O3. The predicted octanol–water partition coefficient (Wildman–Crippen LogP) is 0.663. The molecule has 84 valence electrons. The van der Waals surface area contributed by atoms with Crippen LogP contribution >= 0.6 is 0 Å². The number of nitriles is 1. The van der Waals surface area contributed by atoms with E-state index in [-0.39, 0.29) is 12.7 Å². The predicted molar refractivity (Wildman–Crippen MR) is 57.2 cm³/mol. The van der Waals surface area contributed by atoms with E-state index < -0.39 is 0 Å². The van der Waals surface area contributed by atoms with Gasteiger partial charge >= 0.3 is 0 Å². The van der Waals surface area contributed by atoms with Crippen LogP contribution < -0.4 is 15.2 Å². The lowest BCUT2D eigenvalue weighted by Crippen LogP contribution is -2.30. The molecule has 1 unspecified atom stereocenters. The summed E-state index contributed by atoms with van der Waals surface area (Å²) in [5.41, 5.74) is 6.41. The molecule has 16 heavy (non-hydrogen) atoms. The molecular weight excluding hydrogens is 208 g/mol. The van der Waals surface area contributed by atoms with Crippen LogP contribution in [0.5, 0.6) is 11.5 Å². The van der Waals surface area contributed by atoms with Crippen LogP contribution in [0.2, 0.25) is 0 Å². The third-order valence-corrected chi connectivity index (χ3v) is 2.41. The number of ether oxygens (including phenoxy) is 2. The van der Waals surface area contributed by atoms with Gasteiger partial charge in [-0.1, -0.05) is 0 Å². The maximum Gasteiger partial charge on any atom is 0.163 e. The van der Waals surface area contributed by atoms with Crippen LogP contribution in [0.1, 0.15) is 12.0 Å². The Morgan fingerprint density at radius 3 is 3.00 bits per heavy atom. The molecule has 0 aliphatic carbocycles. The summed E-state index contributed by atoms with van der Waals surface area (Å²) in [7, 11) is 0. The molecule has 3 N–H and O–H groups in total. The van der Waals surface area contributed by atoms with Gasteiger partial charge in [-0.05, 0) is 0 Å². The second kappa shape index (κ2) is 4.29. The Kier molecular flexibility index (Phi) is 2.84. The van der Waals surface area contributed by atoms with Crippen LogP contribution in [-0.4, -0.2) is 24.4 Å². The van der Waals surface area contributed by atoms with E-state index in [1.165, 1.54) is 0 Å². The first kappa shape index (κ1) is 10.6. The molecule has 1 aliphatic rings. The Hall–Kier alpha value is -1.93. The van der Waals surface area contributed by atoms with Crippen molar-refractivity contribution in [1.82, 2.24) is 0 Å². The van der Waals surface area contributed by atoms with E-state index >= 15 is 0 Å². The maximum atomic E-state index is 8.80. The molecule has 1 aliphatic heterocycles.